The van der Waals surface area contributed by atoms with E-state index < -0.39 is 0 Å². The fourth-order valence-electron chi connectivity index (χ4n) is 2.28. The van der Waals surface area contributed by atoms with Crippen LogP contribution in [0.2, 0.25) is 0 Å². The van der Waals surface area contributed by atoms with Crippen molar-refractivity contribution in [3.63, 3.8) is 0 Å². The number of hydrogen-bond acceptors (Lipinski definition) is 6. The molecule has 0 saturated carbocycles. The molecule has 0 bridgehead atoms. The lowest BCUT2D eigenvalue weighted by molar-refractivity contribution is -0.124. The molecule has 1 amide bonds. The Morgan fingerprint density at radius 1 is 1.38 bits per heavy atom. The van der Waals surface area contributed by atoms with Gasteiger partial charge in [0.05, 0.1) is 24.4 Å². The quantitative estimate of drug-likeness (QED) is 0.939. The molecule has 0 aliphatic carbocycles. The molecule has 112 valence electrons. The zero-order valence-corrected chi connectivity index (χ0v) is 12.7. The normalized spacial score (nSPS) is 17.9. The lowest BCUT2D eigenvalue weighted by Crippen LogP contribution is -2.26. The third kappa shape index (κ3) is 2.79. The molecule has 2 heterocycles. The van der Waals surface area contributed by atoms with E-state index in [2.05, 4.69) is 10.3 Å². The molecule has 1 N–H and O–H groups in total. The van der Waals surface area contributed by atoms with Crippen LogP contribution in [0.5, 0.6) is 11.5 Å². The van der Waals surface area contributed by atoms with Crippen molar-refractivity contribution in [3.05, 3.63) is 12.1 Å². The van der Waals surface area contributed by atoms with Crippen molar-refractivity contribution in [2.24, 2.45) is 0 Å². The highest BCUT2D eigenvalue weighted by Gasteiger charge is 2.24. The number of thiazole rings is 1. The van der Waals surface area contributed by atoms with Crippen molar-refractivity contribution in [2.45, 2.75) is 18.9 Å². The molecule has 6 nitrogen and oxygen atoms in total. The number of aromatic nitrogens is 1. The first-order chi connectivity index (χ1) is 10.2. The Balaban J connectivity index is 1.85. The van der Waals surface area contributed by atoms with E-state index in [1.165, 1.54) is 11.3 Å². The molecule has 1 aromatic heterocycles. The van der Waals surface area contributed by atoms with Crippen molar-refractivity contribution < 1.29 is 19.0 Å². The van der Waals surface area contributed by atoms with Crippen LogP contribution in [0.25, 0.3) is 10.2 Å². The standard InChI is InChI=1S/C14H16N2O4S/c1-18-10-6-8-12(7-11(10)19-2)21-14(15-8)16-13(17)9-4-3-5-20-9/h6-7,9H,3-5H2,1-2H3,(H,15,16,17). The second-order valence-electron chi connectivity index (χ2n) is 4.68. The van der Waals surface area contributed by atoms with Crippen LogP contribution >= 0.6 is 11.3 Å². The third-order valence-corrected chi connectivity index (χ3v) is 4.28. The number of carbonyl (C=O) groups excluding carboxylic acids is 1. The van der Waals surface area contributed by atoms with Crippen molar-refractivity contribution >= 4 is 32.6 Å². The van der Waals surface area contributed by atoms with Gasteiger partial charge in [0.25, 0.3) is 5.91 Å². The fourth-order valence-corrected chi connectivity index (χ4v) is 3.16. The molecule has 1 aromatic carbocycles. The molecule has 1 aliphatic rings. The SMILES string of the molecule is COc1cc2nc(NC(=O)C3CCCO3)sc2cc1OC. The van der Waals surface area contributed by atoms with Crippen molar-refractivity contribution in [2.75, 3.05) is 26.1 Å². The fraction of sp³-hybridized carbons (Fsp3) is 0.429. The number of hydrogen-bond donors (Lipinski definition) is 1. The highest BCUT2D eigenvalue weighted by Crippen LogP contribution is 2.36. The zero-order chi connectivity index (χ0) is 14.8. The molecule has 1 aliphatic heterocycles. The van der Waals surface area contributed by atoms with Crippen LogP contribution in [0, 0.1) is 0 Å². The number of amides is 1. The van der Waals surface area contributed by atoms with Crippen LogP contribution in [0.1, 0.15) is 12.8 Å². The Labute approximate surface area is 126 Å². The number of rotatable bonds is 4. The van der Waals surface area contributed by atoms with E-state index in [-0.39, 0.29) is 12.0 Å². The summed E-state index contributed by atoms with van der Waals surface area (Å²) >= 11 is 1.40. The van der Waals surface area contributed by atoms with Crippen LogP contribution in [0.4, 0.5) is 5.13 Å². The van der Waals surface area contributed by atoms with E-state index in [1.54, 1.807) is 20.3 Å². The van der Waals surface area contributed by atoms with Gasteiger partial charge in [0.15, 0.2) is 16.6 Å². The molecule has 1 atom stereocenters. The van der Waals surface area contributed by atoms with Crippen molar-refractivity contribution in [3.8, 4) is 11.5 Å². The Morgan fingerprint density at radius 2 is 2.14 bits per heavy atom. The minimum atomic E-state index is -0.360. The summed E-state index contributed by atoms with van der Waals surface area (Å²) in [5.74, 6) is 1.13. The van der Waals surface area contributed by atoms with Crippen LogP contribution < -0.4 is 14.8 Å². The van der Waals surface area contributed by atoms with E-state index in [1.807, 2.05) is 6.07 Å². The van der Waals surface area contributed by atoms with E-state index in [0.717, 1.165) is 23.1 Å². The van der Waals surface area contributed by atoms with Gasteiger partial charge >= 0.3 is 0 Å². The molecular formula is C14H16N2O4S. The second-order valence-corrected chi connectivity index (χ2v) is 5.72. The highest BCUT2D eigenvalue weighted by molar-refractivity contribution is 7.22. The summed E-state index contributed by atoms with van der Waals surface area (Å²) in [4.78, 5) is 16.4. The maximum absolute atomic E-state index is 12.0. The monoisotopic (exact) mass is 308 g/mol. The average Bonchev–Trinajstić information content (AvgIpc) is 3.14. The Morgan fingerprint density at radius 3 is 2.81 bits per heavy atom. The summed E-state index contributed by atoms with van der Waals surface area (Å²) < 4.78 is 16.8. The van der Waals surface area contributed by atoms with Gasteiger partial charge in [0.1, 0.15) is 6.10 Å². The molecule has 1 unspecified atom stereocenters. The predicted octanol–water partition coefficient (Wildman–Crippen LogP) is 2.43. The van der Waals surface area contributed by atoms with E-state index >= 15 is 0 Å². The number of fused-ring (bicyclic) bond motifs is 1. The zero-order valence-electron chi connectivity index (χ0n) is 11.8. The van der Waals surface area contributed by atoms with Crippen LogP contribution in [-0.2, 0) is 9.53 Å². The first kappa shape index (κ1) is 14.1. The van der Waals surface area contributed by atoms with Gasteiger partial charge < -0.3 is 14.2 Å². The van der Waals surface area contributed by atoms with Gasteiger partial charge in [-0.3, -0.25) is 10.1 Å². The topological polar surface area (TPSA) is 69.7 Å². The summed E-state index contributed by atoms with van der Waals surface area (Å²) in [6.07, 6.45) is 1.33. The number of nitrogens with one attached hydrogen (secondary N) is 1. The molecule has 3 rings (SSSR count). The molecule has 0 spiro atoms. The summed E-state index contributed by atoms with van der Waals surface area (Å²) in [5.41, 5.74) is 0.764. The summed E-state index contributed by atoms with van der Waals surface area (Å²) in [7, 11) is 3.17. The maximum Gasteiger partial charge on any atom is 0.255 e. The number of nitrogens with zero attached hydrogens (tertiary/aromatic N) is 1. The summed E-state index contributed by atoms with van der Waals surface area (Å²) in [6.45, 7) is 0.645. The van der Waals surface area contributed by atoms with Crippen LogP contribution in [0.3, 0.4) is 0 Å². The first-order valence-corrected chi connectivity index (χ1v) is 7.48. The van der Waals surface area contributed by atoms with Crippen molar-refractivity contribution in [1.29, 1.82) is 0 Å². The van der Waals surface area contributed by atoms with Crippen molar-refractivity contribution in [1.82, 2.24) is 4.98 Å². The van der Waals surface area contributed by atoms with Gasteiger partial charge in [-0.25, -0.2) is 4.98 Å². The molecule has 21 heavy (non-hydrogen) atoms. The number of carbonyl (C=O) groups is 1. The lowest BCUT2D eigenvalue weighted by Gasteiger charge is -2.07. The van der Waals surface area contributed by atoms with Crippen LogP contribution in [-0.4, -0.2) is 37.8 Å². The average molecular weight is 308 g/mol. The maximum atomic E-state index is 12.0. The second kappa shape index (κ2) is 5.87. The van der Waals surface area contributed by atoms with Gasteiger partial charge in [-0.15, -0.1) is 0 Å². The van der Waals surface area contributed by atoms with Gasteiger partial charge in [-0.1, -0.05) is 11.3 Å². The Kier molecular flexibility index (Phi) is 3.94. The predicted molar refractivity (Wildman–Crippen MR) is 80.3 cm³/mol. The third-order valence-electron chi connectivity index (χ3n) is 3.35. The van der Waals surface area contributed by atoms with E-state index in [0.29, 0.717) is 23.2 Å². The smallest absolute Gasteiger partial charge is 0.255 e. The number of ether oxygens (including phenoxy) is 3. The number of methoxy groups -OCH3 is 2. The Hall–Kier alpha value is -1.86. The minimum absolute atomic E-state index is 0.134. The molecule has 7 heteroatoms. The van der Waals surface area contributed by atoms with Gasteiger partial charge in [-0.2, -0.15) is 0 Å². The van der Waals surface area contributed by atoms with Gasteiger partial charge in [0, 0.05) is 18.7 Å². The summed E-state index contributed by atoms with van der Waals surface area (Å²) in [6, 6.07) is 3.65. The first-order valence-electron chi connectivity index (χ1n) is 6.66. The largest absolute Gasteiger partial charge is 0.493 e. The van der Waals surface area contributed by atoms with Crippen LogP contribution in [0.15, 0.2) is 12.1 Å². The van der Waals surface area contributed by atoms with E-state index in [4.69, 9.17) is 14.2 Å². The molecule has 0 radical (unpaired) electrons. The lowest BCUT2D eigenvalue weighted by atomic mass is 10.2. The molecular weight excluding hydrogens is 292 g/mol. The van der Waals surface area contributed by atoms with Gasteiger partial charge in [0.2, 0.25) is 0 Å². The molecule has 1 fully saturated rings. The number of anilines is 1. The molecule has 1 saturated heterocycles. The highest BCUT2D eigenvalue weighted by atomic mass is 32.1. The van der Waals surface area contributed by atoms with Gasteiger partial charge in [-0.05, 0) is 12.8 Å². The number of benzene rings is 1. The minimum Gasteiger partial charge on any atom is -0.493 e. The molecule has 2 aromatic rings. The Bertz CT molecular complexity index is 623. The summed E-state index contributed by atoms with van der Waals surface area (Å²) in [5, 5.41) is 3.37. The van der Waals surface area contributed by atoms with E-state index in [9.17, 15) is 4.79 Å².